The number of hydrogen-bond acceptors (Lipinski definition) is 6. The molecule has 2 N–H and O–H groups in total. The molecule has 0 aromatic carbocycles. The van der Waals surface area contributed by atoms with E-state index in [1.54, 1.807) is 30.7 Å². The highest BCUT2D eigenvalue weighted by Gasteiger charge is 2.34. The SMILES string of the molecule is Nc1cc(C(=O)N2CC[C@@H](C3CCN(c4ncccn4)CC3)C2)ccn1. The summed E-state index contributed by atoms with van der Waals surface area (Å²) in [5, 5.41) is 0. The Bertz CT molecular complexity index is 760. The number of amides is 1. The smallest absolute Gasteiger partial charge is 0.254 e. The summed E-state index contributed by atoms with van der Waals surface area (Å²) in [6, 6.07) is 5.25. The van der Waals surface area contributed by atoms with Gasteiger partial charge >= 0.3 is 0 Å². The van der Waals surface area contributed by atoms with Crippen molar-refractivity contribution in [2.45, 2.75) is 19.3 Å². The average Bonchev–Trinajstić information content (AvgIpc) is 3.18. The number of nitrogen functional groups attached to an aromatic ring is 1. The number of carbonyl (C=O) groups excluding carboxylic acids is 1. The summed E-state index contributed by atoms with van der Waals surface area (Å²) in [4.78, 5) is 29.6. The molecular formula is C19H24N6O. The van der Waals surface area contributed by atoms with E-state index in [4.69, 9.17) is 5.73 Å². The summed E-state index contributed by atoms with van der Waals surface area (Å²) in [6.07, 6.45) is 8.53. The molecule has 2 saturated heterocycles. The van der Waals surface area contributed by atoms with Gasteiger partial charge in [-0.1, -0.05) is 0 Å². The Balaban J connectivity index is 1.33. The van der Waals surface area contributed by atoms with Crippen LogP contribution in [0.25, 0.3) is 0 Å². The minimum atomic E-state index is 0.0664. The van der Waals surface area contributed by atoms with Gasteiger partial charge < -0.3 is 15.5 Å². The van der Waals surface area contributed by atoms with E-state index in [2.05, 4.69) is 19.9 Å². The highest BCUT2D eigenvalue weighted by atomic mass is 16.2. The van der Waals surface area contributed by atoms with Crippen molar-refractivity contribution in [1.29, 1.82) is 0 Å². The molecule has 2 aliphatic heterocycles. The summed E-state index contributed by atoms with van der Waals surface area (Å²) in [5.74, 6) is 2.52. The van der Waals surface area contributed by atoms with Crippen LogP contribution in [0, 0.1) is 11.8 Å². The summed E-state index contributed by atoms with van der Waals surface area (Å²) in [7, 11) is 0. The third-order valence-electron chi connectivity index (χ3n) is 5.58. The van der Waals surface area contributed by atoms with Crippen LogP contribution in [0.3, 0.4) is 0 Å². The number of carbonyl (C=O) groups is 1. The molecule has 136 valence electrons. The summed E-state index contributed by atoms with van der Waals surface area (Å²) >= 11 is 0. The zero-order valence-corrected chi connectivity index (χ0v) is 14.8. The van der Waals surface area contributed by atoms with Crippen molar-refractivity contribution in [3.8, 4) is 0 Å². The third kappa shape index (κ3) is 3.47. The van der Waals surface area contributed by atoms with Crippen molar-refractivity contribution in [2.75, 3.05) is 36.8 Å². The largest absolute Gasteiger partial charge is 0.384 e. The molecule has 0 aliphatic carbocycles. The van der Waals surface area contributed by atoms with Gasteiger partial charge in [-0.05, 0) is 49.3 Å². The van der Waals surface area contributed by atoms with Crippen molar-refractivity contribution in [2.24, 2.45) is 11.8 Å². The van der Waals surface area contributed by atoms with Crippen molar-refractivity contribution in [1.82, 2.24) is 19.9 Å². The quantitative estimate of drug-likeness (QED) is 0.907. The Morgan fingerprint density at radius 2 is 1.73 bits per heavy atom. The first-order valence-corrected chi connectivity index (χ1v) is 9.23. The van der Waals surface area contributed by atoms with Crippen LogP contribution in [0.4, 0.5) is 11.8 Å². The van der Waals surface area contributed by atoms with Gasteiger partial charge in [-0.3, -0.25) is 4.79 Å². The second kappa shape index (κ2) is 7.27. The molecule has 4 rings (SSSR count). The standard InChI is InChI=1S/C19H24N6O/c20-17-12-15(2-8-21-17)18(26)25-11-5-16(13-25)14-3-9-24(10-4-14)19-22-6-1-7-23-19/h1-2,6-8,12,14,16H,3-5,9-11,13H2,(H2,20,21)/t16-/m1/s1. The number of aromatic nitrogens is 3. The summed E-state index contributed by atoms with van der Waals surface area (Å²) < 4.78 is 0. The lowest BCUT2D eigenvalue weighted by molar-refractivity contribution is 0.0780. The normalized spacial score (nSPS) is 21.2. The van der Waals surface area contributed by atoms with Crippen molar-refractivity contribution < 1.29 is 4.79 Å². The number of nitrogens with two attached hydrogens (primary N) is 1. The highest BCUT2D eigenvalue weighted by Crippen LogP contribution is 2.33. The average molecular weight is 352 g/mol. The maximum Gasteiger partial charge on any atom is 0.254 e. The fourth-order valence-electron chi connectivity index (χ4n) is 4.15. The maximum atomic E-state index is 12.7. The van der Waals surface area contributed by atoms with E-state index in [9.17, 15) is 4.79 Å². The molecule has 2 aromatic heterocycles. The zero-order chi connectivity index (χ0) is 17.9. The van der Waals surface area contributed by atoms with Crippen LogP contribution < -0.4 is 10.6 Å². The Morgan fingerprint density at radius 1 is 1.00 bits per heavy atom. The Kier molecular flexibility index (Phi) is 4.69. The first-order chi connectivity index (χ1) is 12.7. The van der Waals surface area contributed by atoms with Crippen LogP contribution in [0.1, 0.15) is 29.6 Å². The van der Waals surface area contributed by atoms with Crippen molar-refractivity contribution in [3.05, 3.63) is 42.4 Å². The van der Waals surface area contributed by atoms with Gasteiger partial charge in [0.15, 0.2) is 0 Å². The summed E-state index contributed by atoms with van der Waals surface area (Å²) in [6.45, 7) is 3.64. The molecule has 0 unspecified atom stereocenters. The van der Waals surface area contributed by atoms with Crippen LogP contribution >= 0.6 is 0 Å². The van der Waals surface area contributed by atoms with Crippen molar-refractivity contribution in [3.63, 3.8) is 0 Å². The zero-order valence-electron chi connectivity index (χ0n) is 14.8. The number of hydrogen-bond donors (Lipinski definition) is 1. The van der Waals surface area contributed by atoms with Gasteiger partial charge in [-0.25, -0.2) is 15.0 Å². The number of pyridine rings is 1. The number of nitrogens with zero attached hydrogens (tertiary/aromatic N) is 5. The van der Waals surface area contributed by atoms with Crippen LogP contribution in [-0.4, -0.2) is 51.9 Å². The minimum Gasteiger partial charge on any atom is -0.384 e. The molecule has 7 heteroatoms. The lowest BCUT2D eigenvalue weighted by Gasteiger charge is -2.34. The van der Waals surface area contributed by atoms with E-state index in [1.165, 1.54) is 0 Å². The van der Waals surface area contributed by atoms with Gasteiger partial charge in [0.1, 0.15) is 5.82 Å². The molecule has 7 nitrogen and oxygen atoms in total. The van der Waals surface area contributed by atoms with E-state index >= 15 is 0 Å². The Labute approximate surface area is 153 Å². The van der Waals surface area contributed by atoms with Crippen LogP contribution in [0.2, 0.25) is 0 Å². The predicted molar refractivity (Wildman–Crippen MR) is 99.6 cm³/mol. The molecule has 26 heavy (non-hydrogen) atoms. The van der Waals surface area contributed by atoms with Crippen LogP contribution in [0.5, 0.6) is 0 Å². The molecule has 1 amide bonds. The molecule has 0 saturated carbocycles. The Morgan fingerprint density at radius 3 is 2.46 bits per heavy atom. The topological polar surface area (TPSA) is 88.2 Å². The van der Waals surface area contributed by atoms with Crippen LogP contribution in [0.15, 0.2) is 36.8 Å². The molecule has 0 radical (unpaired) electrons. The molecule has 2 aliphatic rings. The first kappa shape index (κ1) is 16.8. The van der Waals surface area contributed by atoms with E-state index in [-0.39, 0.29) is 5.91 Å². The first-order valence-electron chi connectivity index (χ1n) is 9.23. The van der Waals surface area contributed by atoms with Crippen LogP contribution in [-0.2, 0) is 0 Å². The van der Waals surface area contributed by atoms with E-state index in [0.29, 0.717) is 23.2 Å². The fraction of sp³-hybridized carbons (Fsp3) is 0.474. The van der Waals surface area contributed by atoms with Gasteiger partial charge in [0.25, 0.3) is 5.91 Å². The second-order valence-electron chi connectivity index (χ2n) is 7.14. The number of piperidine rings is 1. The monoisotopic (exact) mass is 352 g/mol. The lowest BCUT2D eigenvalue weighted by atomic mass is 9.84. The lowest BCUT2D eigenvalue weighted by Crippen LogP contribution is -2.38. The van der Waals surface area contributed by atoms with E-state index < -0.39 is 0 Å². The van der Waals surface area contributed by atoms with E-state index in [0.717, 1.165) is 51.4 Å². The molecular weight excluding hydrogens is 328 g/mol. The fourth-order valence-corrected chi connectivity index (χ4v) is 4.15. The predicted octanol–water partition coefficient (Wildman–Crippen LogP) is 1.83. The van der Waals surface area contributed by atoms with Gasteiger partial charge in [0.2, 0.25) is 5.95 Å². The maximum absolute atomic E-state index is 12.7. The van der Waals surface area contributed by atoms with Gasteiger partial charge in [-0.2, -0.15) is 0 Å². The number of likely N-dealkylation sites (tertiary alicyclic amines) is 1. The molecule has 2 aromatic rings. The molecule has 1 atom stereocenters. The van der Waals surface area contributed by atoms with Gasteiger partial charge in [-0.15, -0.1) is 0 Å². The molecule has 2 fully saturated rings. The molecule has 0 bridgehead atoms. The second-order valence-corrected chi connectivity index (χ2v) is 7.14. The molecule has 0 spiro atoms. The summed E-state index contributed by atoms with van der Waals surface area (Å²) in [5.41, 5.74) is 6.34. The Hall–Kier alpha value is -2.70. The third-order valence-corrected chi connectivity index (χ3v) is 5.58. The van der Waals surface area contributed by atoms with Gasteiger partial charge in [0.05, 0.1) is 0 Å². The van der Waals surface area contributed by atoms with Crippen molar-refractivity contribution >= 4 is 17.7 Å². The minimum absolute atomic E-state index is 0.0664. The molecule has 4 heterocycles. The number of anilines is 2. The number of rotatable bonds is 3. The highest BCUT2D eigenvalue weighted by molar-refractivity contribution is 5.94. The van der Waals surface area contributed by atoms with E-state index in [1.807, 2.05) is 11.0 Å². The van der Waals surface area contributed by atoms with Gasteiger partial charge in [0, 0.05) is 50.3 Å².